The molecule has 1 aromatic rings. The summed E-state index contributed by atoms with van der Waals surface area (Å²) in [5, 5.41) is 0. The van der Waals surface area contributed by atoms with Crippen LogP contribution in [-0.2, 0) is 14.8 Å². The second-order valence-electron chi connectivity index (χ2n) is 7.26. The number of rotatable bonds is 3. The molecule has 7 nitrogen and oxygen atoms in total. The summed E-state index contributed by atoms with van der Waals surface area (Å²) in [5.74, 6) is -0.0993. The lowest BCUT2D eigenvalue weighted by molar-refractivity contribution is -0.0440. The molecule has 26 heavy (non-hydrogen) atoms. The molecule has 3 rings (SSSR count). The minimum absolute atomic E-state index is 0.0117. The Bertz CT molecular complexity index is 740. The highest BCUT2D eigenvalue weighted by Crippen LogP contribution is 2.22. The van der Waals surface area contributed by atoms with E-state index in [1.807, 2.05) is 13.8 Å². The van der Waals surface area contributed by atoms with Crippen LogP contribution < -0.4 is 5.73 Å². The summed E-state index contributed by atoms with van der Waals surface area (Å²) in [5.41, 5.74) is 6.43. The molecular formula is C18H27N3O4S. The Morgan fingerprint density at radius 2 is 1.73 bits per heavy atom. The third-order valence-corrected chi connectivity index (χ3v) is 6.72. The van der Waals surface area contributed by atoms with Crippen molar-refractivity contribution in [3.8, 4) is 0 Å². The van der Waals surface area contributed by atoms with Crippen molar-refractivity contribution in [2.45, 2.75) is 49.8 Å². The van der Waals surface area contributed by atoms with Crippen molar-refractivity contribution < 1.29 is 17.9 Å². The standard InChI is InChI=1S/C18H27N3O4S/c1-13-10-21(11-14(2)25-13)26(23,24)17-7-5-15(6-8-17)18(22)20-9-3-4-16(19)12-20/h5-8,13-14,16H,3-4,9-12,19H2,1-2H3. The SMILES string of the molecule is CC1CN(S(=O)(=O)c2ccc(C(=O)N3CCCC(N)C3)cc2)CC(C)O1. The maximum absolute atomic E-state index is 12.9. The van der Waals surface area contributed by atoms with Gasteiger partial charge in [-0.1, -0.05) is 0 Å². The zero-order valence-corrected chi connectivity index (χ0v) is 16.1. The van der Waals surface area contributed by atoms with Crippen LogP contribution >= 0.6 is 0 Å². The Hall–Kier alpha value is -1.48. The fourth-order valence-corrected chi connectivity index (χ4v) is 5.21. The van der Waals surface area contributed by atoms with Crippen LogP contribution in [0.1, 0.15) is 37.0 Å². The van der Waals surface area contributed by atoms with Gasteiger partial charge in [0.05, 0.1) is 17.1 Å². The van der Waals surface area contributed by atoms with Crippen LogP contribution in [0.4, 0.5) is 0 Å². The van der Waals surface area contributed by atoms with Gasteiger partial charge < -0.3 is 15.4 Å². The number of carbonyl (C=O) groups is 1. The maximum Gasteiger partial charge on any atom is 0.253 e. The molecule has 3 atom stereocenters. The smallest absolute Gasteiger partial charge is 0.253 e. The molecule has 2 fully saturated rings. The van der Waals surface area contributed by atoms with Gasteiger partial charge in [-0.05, 0) is 51.0 Å². The quantitative estimate of drug-likeness (QED) is 0.845. The minimum Gasteiger partial charge on any atom is -0.373 e. The van der Waals surface area contributed by atoms with Gasteiger partial charge in [0, 0.05) is 37.8 Å². The highest BCUT2D eigenvalue weighted by molar-refractivity contribution is 7.89. The summed E-state index contributed by atoms with van der Waals surface area (Å²) < 4.78 is 32.8. The Labute approximate surface area is 155 Å². The van der Waals surface area contributed by atoms with E-state index < -0.39 is 10.0 Å². The number of piperidine rings is 1. The number of sulfonamides is 1. The first-order valence-electron chi connectivity index (χ1n) is 9.08. The molecule has 3 unspecified atom stereocenters. The summed E-state index contributed by atoms with van der Waals surface area (Å²) in [6.07, 6.45) is 1.54. The minimum atomic E-state index is -3.60. The fraction of sp³-hybridized carbons (Fsp3) is 0.611. The van der Waals surface area contributed by atoms with Crippen LogP contribution in [0.2, 0.25) is 0 Å². The lowest BCUT2D eigenvalue weighted by atomic mass is 10.1. The van der Waals surface area contributed by atoms with E-state index in [1.54, 1.807) is 17.0 Å². The molecule has 2 heterocycles. The van der Waals surface area contributed by atoms with Crippen molar-refractivity contribution in [3.63, 3.8) is 0 Å². The van der Waals surface area contributed by atoms with Crippen LogP contribution in [0, 0.1) is 0 Å². The lowest BCUT2D eigenvalue weighted by Gasteiger charge is -2.34. The van der Waals surface area contributed by atoms with Gasteiger partial charge in [-0.2, -0.15) is 4.31 Å². The normalized spacial score (nSPS) is 28.1. The van der Waals surface area contributed by atoms with E-state index >= 15 is 0 Å². The molecule has 1 amide bonds. The van der Waals surface area contributed by atoms with Gasteiger partial charge >= 0.3 is 0 Å². The highest BCUT2D eigenvalue weighted by atomic mass is 32.2. The molecule has 1 aromatic carbocycles. The highest BCUT2D eigenvalue weighted by Gasteiger charge is 2.32. The topological polar surface area (TPSA) is 92.9 Å². The van der Waals surface area contributed by atoms with Gasteiger partial charge in [0.15, 0.2) is 0 Å². The molecule has 2 saturated heterocycles. The summed E-state index contributed by atoms with van der Waals surface area (Å²) in [4.78, 5) is 14.5. The van der Waals surface area contributed by atoms with Gasteiger partial charge in [-0.3, -0.25) is 4.79 Å². The first-order valence-corrected chi connectivity index (χ1v) is 10.5. The number of benzene rings is 1. The van der Waals surface area contributed by atoms with Crippen molar-refractivity contribution in [3.05, 3.63) is 29.8 Å². The van der Waals surface area contributed by atoms with Gasteiger partial charge in [0.25, 0.3) is 5.91 Å². The van der Waals surface area contributed by atoms with Crippen LogP contribution in [0.25, 0.3) is 0 Å². The molecule has 0 bridgehead atoms. The fourth-order valence-electron chi connectivity index (χ4n) is 3.62. The molecule has 0 spiro atoms. The van der Waals surface area contributed by atoms with E-state index in [2.05, 4.69) is 0 Å². The zero-order chi connectivity index (χ0) is 18.9. The Morgan fingerprint density at radius 1 is 1.12 bits per heavy atom. The third kappa shape index (κ3) is 4.09. The van der Waals surface area contributed by atoms with Gasteiger partial charge in [-0.25, -0.2) is 8.42 Å². The predicted octanol–water partition coefficient (Wildman–Crippen LogP) is 1.05. The van der Waals surface area contributed by atoms with E-state index in [1.165, 1.54) is 16.4 Å². The van der Waals surface area contributed by atoms with Gasteiger partial charge in [0.2, 0.25) is 10.0 Å². The van der Waals surface area contributed by atoms with Crippen LogP contribution in [0.3, 0.4) is 0 Å². The molecule has 0 radical (unpaired) electrons. The third-order valence-electron chi connectivity index (χ3n) is 4.87. The van der Waals surface area contributed by atoms with Gasteiger partial charge in [-0.15, -0.1) is 0 Å². The number of hydrogen-bond acceptors (Lipinski definition) is 5. The second-order valence-corrected chi connectivity index (χ2v) is 9.20. The molecule has 144 valence electrons. The van der Waals surface area contributed by atoms with Crippen LogP contribution in [0.15, 0.2) is 29.2 Å². The van der Waals surface area contributed by atoms with Gasteiger partial charge in [0.1, 0.15) is 0 Å². The Kier molecular flexibility index (Phi) is 5.67. The van der Waals surface area contributed by atoms with Crippen LogP contribution in [-0.4, -0.2) is 68.0 Å². The molecular weight excluding hydrogens is 354 g/mol. The first kappa shape index (κ1) is 19.3. The molecule has 0 aliphatic carbocycles. The maximum atomic E-state index is 12.9. The van der Waals surface area contributed by atoms with Crippen molar-refractivity contribution in [2.75, 3.05) is 26.2 Å². The Morgan fingerprint density at radius 3 is 2.31 bits per heavy atom. The van der Waals surface area contributed by atoms with E-state index in [0.29, 0.717) is 31.7 Å². The van der Waals surface area contributed by atoms with E-state index in [9.17, 15) is 13.2 Å². The molecule has 8 heteroatoms. The number of ether oxygens (including phenoxy) is 1. The average molecular weight is 381 g/mol. The number of likely N-dealkylation sites (tertiary alicyclic amines) is 1. The molecule has 2 N–H and O–H groups in total. The van der Waals surface area contributed by atoms with E-state index in [-0.39, 0.29) is 29.1 Å². The van der Waals surface area contributed by atoms with E-state index in [0.717, 1.165) is 12.8 Å². The van der Waals surface area contributed by atoms with Crippen molar-refractivity contribution >= 4 is 15.9 Å². The number of amides is 1. The molecule has 2 aliphatic heterocycles. The van der Waals surface area contributed by atoms with Crippen molar-refractivity contribution in [1.82, 2.24) is 9.21 Å². The largest absolute Gasteiger partial charge is 0.373 e. The zero-order valence-electron chi connectivity index (χ0n) is 15.3. The van der Waals surface area contributed by atoms with Crippen LogP contribution in [0.5, 0.6) is 0 Å². The summed E-state index contributed by atoms with van der Waals surface area (Å²) in [7, 11) is -3.60. The summed E-state index contributed by atoms with van der Waals surface area (Å²) >= 11 is 0. The monoisotopic (exact) mass is 381 g/mol. The summed E-state index contributed by atoms with van der Waals surface area (Å²) in [6, 6.07) is 6.21. The predicted molar refractivity (Wildman–Crippen MR) is 98.3 cm³/mol. The average Bonchev–Trinajstić information content (AvgIpc) is 2.60. The number of hydrogen-bond donors (Lipinski definition) is 1. The van der Waals surface area contributed by atoms with E-state index in [4.69, 9.17) is 10.5 Å². The lowest BCUT2D eigenvalue weighted by Crippen LogP contribution is -2.48. The summed E-state index contributed by atoms with van der Waals surface area (Å²) in [6.45, 7) is 5.63. The number of nitrogens with two attached hydrogens (primary N) is 1. The number of nitrogens with zero attached hydrogens (tertiary/aromatic N) is 2. The second kappa shape index (κ2) is 7.64. The van der Waals surface area contributed by atoms with Crippen molar-refractivity contribution in [1.29, 1.82) is 0 Å². The van der Waals surface area contributed by atoms with Crippen molar-refractivity contribution in [2.24, 2.45) is 5.73 Å². The number of morpholine rings is 1. The molecule has 0 saturated carbocycles. The first-order chi connectivity index (χ1) is 12.3. The molecule has 0 aromatic heterocycles. The number of carbonyl (C=O) groups excluding carboxylic acids is 1. The molecule has 2 aliphatic rings. The Balaban J connectivity index is 1.75.